The zero-order valence-corrected chi connectivity index (χ0v) is 12.3. The first-order valence-corrected chi connectivity index (χ1v) is 7.21. The summed E-state index contributed by atoms with van der Waals surface area (Å²) >= 11 is 0. The largest absolute Gasteiger partial charge is 0.489 e. The minimum Gasteiger partial charge on any atom is -0.489 e. The summed E-state index contributed by atoms with van der Waals surface area (Å²) in [5.74, 6) is 1.37. The molecular weight excluding hydrogens is 272 g/mol. The van der Waals surface area contributed by atoms with Crippen LogP contribution in [0.1, 0.15) is 17.5 Å². The number of ether oxygens (including phenoxy) is 1. The highest BCUT2D eigenvalue weighted by molar-refractivity contribution is 5.90. The van der Waals surface area contributed by atoms with Crippen LogP contribution in [-0.2, 0) is 6.61 Å². The van der Waals surface area contributed by atoms with Crippen LogP contribution in [0.5, 0.6) is 5.75 Å². The summed E-state index contributed by atoms with van der Waals surface area (Å²) in [6.07, 6.45) is 4.50. The molecule has 0 fully saturated rings. The lowest BCUT2D eigenvalue weighted by molar-refractivity contribution is 0.306. The Kier molecular flexibility index (Phi) is 4.05. The Balaban J connectivity index is 1.83. The number of amidine groups is 1. The highest BCUT2D eigenvalue weighted by atomic mass is 16.5. The van der Waals surface area contributed by atoms with Crippen LogP contribution < -0.4 is 10.5 Å². The Morgan fingerprint density at radius 2 is 2.00 bits per heavy atom. The Bertz CT molecular complexity index is 745. The number of aliphatic imine (C=N–C) groups is 1. The molecule has 22 heavy (non-hydrogen) atoms. The van der Waals surface area contributed by atoms with Crippen molar-refractivity contribution in [3.63, 3.8) is 0 Å². The predicted molar refractivity (Wildman–Crippen MR) is 91.3 cm³/mol. The van der Waals surface area contributed by atoms with E-state index in [0.29, 0.717) is 18.9 Å². The summed E-state index contributed by atoms with van der Waals surface area (Å²) in [6.45, 7) is 4.34. The van der Waals surface area contributed by atoms with Crippen LogP contribution in [0.2, 0.25) is 0 Å². The van der Waals surface area contributed by atoms with Crippen LogP contribution in [0.15, 0.2) is 71.8 Å². The molecule has 0 radical (unpaired) electrons. The van der Waals surface area contributed by atoms with Crippen molar-refractivity contribution < 1.29 is 4.74 Å². The smallest absolute Gasteiger partial charge is 0.122 e. The summed E-state index contributed by atoms with van der Waals surface area (Å²) in [5, 5.41) is 0. The normalized spacial score (nSPS) is 13.5. The number of hydrogen-bond donors (Lipinski definition) is 1. The van der Waals surface area contributed by atoms with Gasteiger partial charge < -0.3 is 10.5 Å². The molecule has 3 rings (SSSR count). The summed E-state index contributed by atoms with van der Waals surface area (Å²) < 4.78 is 5.84. The number of nitrogens with two attached hydrogens (primary N) is 1. The predicted octanol–water partition coefficient (Wildman–Crippen LogP) is 4.23. The molecule has 2 N–H and O–H groups in total. The van der Waals surface area contributed by atoms with Gasteiger partial charge in [0.25, 0.3) is 0 Å². The summed E-state index contributed by atoms with van der Waals surface area (Å²) in [5.41, 5.74) is 10.0. The van der Waals surface area contributed by atoms with E-state index < -0.39 is 0 Å². The first kappa shape index (κ1) is 14.1. The van der Waals surface area contributed by atoms with E-state index in [9.17, 15) is 0 Å². The van der Waals surface area contributed by atoms with E-state index in [0.717, 1.165) is 28.1 Å². The van der Waals surface area contributed by atoms with Gasteiger partial charge in [0.15, 0.2) is 0 Å². The molecular formula is C19H18N2O. The minimum absolute atomic E-state index is 0.534. The van der Waals surface area contributed by atoms with Gasteiger partial charge in [-0.25, -0.2) is 4.99 Å². The highest BCUT2D eigenvalue weighted by Crippen LogP contribution is 2.30. The molecule has 0 amide bonds. The number of benzene rings is 2. The second-order valence-corrected chi connectivity index (χ2v) is 5.20. The van der Waals surface area contributed by atoms with Crippen LogP contribution in [0, 0.1) is 0 Å². The van der Waals surface area contributed by atoms with Crippen LogP contribution in [0.3, 0.4) is 0 Å². The molecule has 0 saturated heterocycles. The van der Waals surface area contributed by atoms with Gasteiger partial charge in [-0.05, 0) is 29.3 Å². The Morgan fingerprint density at radius 1 is 1.18 bits per heavy atom. The maximum absolute atomic E-state index is 5.95. The molecule has 2 aromatic carbocycles. The molecule has 0 atom stereocenters. The molecule has 0 unspecified atom stereocenters. The van der Waals surface area contributed by atoms with E-state index in [4.69, 9.17) is 10.5 Å². The van der Waals surface area contributed by atoms with Gasteiger partial charge in [0.05, 0.1) is 5.69 Å². The lowest BCUT2D eigenvalue weighted by Crippen LogP contribution is -2.10. The van der Waals surface area contributed by atoms with E-state index in [-0.39, 0.29) is 0 Å². The lowest BCUT2D eigenvalue weighted by Gasteiger charge is -2.08. The fraction of sp³-hybridized carbons (Fsp3) is 0.105. The molecule has 3 nitrogen and oxygen atoms in total. The van der Waals surface area contributed by atoms with Gasteiger partial charge in [-0.15, -0.1) is 0 Å². The molecule has 0 aliphatic carbocycles. The highest BCUT2D eigenvalue weighted by Gasteiger charge is 2.09. The summed E-state index contributed by atoms with van der Waals surface area (Å²) in [7, 11) is 0. The van der Waals surface area contributed by atoms with Crippen LogP contribution in [-0.4, -0.2) is 5.84 Å². The van der Waals surface area contributed by atoms with Gasteiger partial charge in [0, 0.05) is 18.1 Å². The lowest BCUT2D eigenvalue weighted by atomic mass is 10.1. The third-order valence-corrected chi connectivity index (χ3v) is 3.50. The van der Waals surface area contributed by atoms with Gasteiger partial charge in [0.2, 0.25) is 0 Å². The zero-order chi connectivity index (χ0) is 15.4. The summed E-state index contributed by atoms with van der Waals surface area (Å²) in [4.78, 5) is 4.47. The van der Waals surface area contributed by atoms with Crippen LogP contribution in [0.25, 0.3) is 6.08 Å². The maximum atomic E-state index is 5.95. The third-order valence-electron chi connectivity index (χ3n) is 3.50. The van der Waals surface area contributed by atoms with Gasteiger partial charge in [0.1, 0.15) is 18.2 Å². The fourth-order valence-corrected chi connectivity index (χ4v) is 2.36. The van der Waals surface area contributed by atoms with E-state index in [1.54, 1.807) is 0 Å². The van der Waals surface area contributed by atoms with Gasteiger partial charge in [-0.3, -0.25) is 0 Å². The molecule has 2 aromatic rings. The van der Waals surface area contributed by atoms with Gasteiger partial charge >= 0.3 is 0 Å². The van der Waals surface area contributed by atoms with Gasteiger partial charge in [-0.1, -0.05) is 43.0 Å². The van der Waals surface area contributed by atoms with Crippen molar-refractivity contribution in [1.29, 1.82) is 0 Å². The minimum atomic E-state index is 0.534. The molecule has 0 bridgehead atoms. The molecule has 1 aliphatic heterocycles. The van der Waals surface area contributed by atoms with Crippen LogP contribution in [0.4, 0.5) is 5.69 Å². The first-order chi connectivity index (χ1) is 10.7. The topological polar surface area (TPSA) is 47.6 Å². The monoisotopic (exact) mass is 290 g/mol. The van der Waals surface area contributed by atoms with Crippen molar-refractivity contribution in [3.05, 3.63) is 77.9 Å². The average Bonchev–Trinajstić information content (AvgIpc) is 2.71. The molecule has 3 heteroatoms. The van der Waals surface area contributed by atoms with Crippen LogP contribution >= 0.6 is 0 Å². The van der Waals surface area contributed by atoms with Crippen molar-refractivity contribution in [1.82, 2.24) is 0 Å². The van der Waals surface area contributed by atoms with Crippen molar-refractivity contribution in [2.45, 2.75) is 13.0 Å². The maximum Gasteiger partial charge on any atom is 0.122 e. The van der Waals surface area contributed by atoms with E-state index in [1.165, 1.54) is 0 Å². The van der Waals surface area contributed by atoms with E-state index >= 15 is 0 Å². The zero-order valence-electron chi connectivity index (χ0n) is 12.3. The molecule has 1 aliphatic rings. The molecule has 0 spiro atoms. The third kappa shape index (κ3) is 3.26. The van der Waals surface area contributed by atoms with Gasteiger partial charge in [-0.2, -0.15) is 0 Å². The van der Waals surface area contributed by atoms with E-state index in [1.807, 2.05) is 54.6 Å². The van der Waals surface area contributed by atoms with Crippen molar-refractivity contribution in [2.75, 3.05) is 0 Å². The molecule has 0 saturated carbocycles. The standard InChI is InChI=1S/C19H18N2O/c1-2-14-10-16-8-9-17(12-18(16)21-19(20)11-14)22-13-15-6-4-3-5-7-15/h2-10,12H,1,11,13H2,(H2,20,21). The Hall–Kier alpha value is -2.81. The number of rotatable bonds is 4. The molecule has 110 valence electrons. The number of fused-ring (bicyclic) bond motifs is 1. The van der Waals surface area contributed by atoms with Crippen molar-refractivity contribution in [3.8, 4) is 5.75 Å². The van der Waals surface area contributed by atoms with Crippen molar-refractivity contribution in [2.24, 2.45) is 10.7 Å². The second-order valence-electron chi connectivity index (χ2n) is 5.20. The number of hydrogen-bond acceptors (Lipinski definition) is 3. The molecule has 0 aromatic heterocycles. The first-order valence-electron chi connectivity index (χ1n) is 7.21. The Morgan fingerprint density at radius 3 is 2.77 bits per heavy atom. The number of allylic oxidation sites excluding steroid dienone is 1. The SMILES string of the molecule is C=CC1=Cc2ccc(OCc3ccccc3)cc2N=C(N)C1. The van der Waals surface area contributed by atoms with E-state index in [2.05, 4.69) is 17.6 Å². The molecule has 1 heterocycles. The number of nitrogens with zero attached hydrogens (tertiary/aromatic N) is 1. The summed E-state index contributed by atoms with van der Waals surface area (Å²) in [6, 6.07) is 16.0. The Labute approximate surface area is 130 Å². The van der Waals surface area contributed by atoms with Crippen molar-refractivity contribution >= 4 is 17.6 Å². The average molecular weight is 290 g/mol. The fourth-order valence-electron chi connectivity index (χ4n) is 2.36. The quantitative estimate of drug-likeness (QED) is 0.916. The second kappa shape index (κ2) is 6.31.